The Morgan fingerprint density at radius 1 is 1.15 bits per heavy atom. The molecule has 2 heterocycles. The summed E-state index contributed by atoms with van der Waals surface area (Å²) in [5.74, 6) is 0.490. The number of ether oxygens (including phenoxy) is 2. The Morgan fingerprint density at radius 2 is 1.93 bits per heavy atom. The van der Waals surface area contributed by atoms with Crippen molar-refractivity contribution in [1.29, 1.82) is 0 Å². The lowest BCUT2D eigenvalue weighted by Crippen LogP contribution is -2.28. The van der Waals surface area contributed by atoms with Crippen molar-refractivity contribution in [2.24, 2.45) is 5.92 Å². The number of fused-ring (bicyclic) bond motifs is 1. The maximum atomic E-state index is 12.6. The average molecular weight is 452 g/mol. The number of rotatable bonds is 3. The molecule has 2 amide bonds. The normalized spacial score (nSPS) is 18.5. The molecule has 140 valence electrons. The fourth-order valence-electron chi connectivity index (χ4n) is 3.16. The van der Waals surface area contributed by atoms with Crippen molar-refractivity contribution in [3.8, 4) is 11.5 Å². The summed E-state index contributed by atoms with van der Waals surface area (Å²) in [7, 11) is 0. The van der Waals surface area contributed by atoms with E-state index in [0.29, 0.717) is 47.7 Å². The van der Waals surface area contributed by atoms with Gasteiger partial charge in [0.25, 0.3) is 0 Å². The number of carbonyl (C=O) groups is 2. The number of nitrogens with one attached hydrogen (secondary N) is 1. The Kier molecular flexibility index (Phi) is 4.97. The second-order valence-electron chi connectivity index (χ2n) is 6.35. The lowest BCUT2D eigenvalue weighted by Gasteiger charge is -2.22. The average Bonchev–Trinajstić information content (AvgIpc) is 3.05. The highest BCUT2D eigenvalue weighted by molar-refractivity contribution is 9.10. The van der Waals surface area contributed by atoms with Crippen LogP contribution in [0.25, 0.3) is 0 Å². The van der Waals surface area contributed by atoms with Gasteiger partial charge < -0.3 is 19.7 Å². The molecule has 0 aliphatic carbocycles. The summed E-state index contributed by atoms with van der Waals surface area (Å²) in [4.78, 5) is 26.7. The van der Waals surface area contributed by atoms with Crippen LogP contribution in [0.2, 0.25) is 5.02 Å². The molecule has 2 aromatic rings. The van der Waals surface area contributed by atoms with Crippen LogP contribution < -0.4 is 19.7 Å². The van der Waals surface area contributed by atoms with Crippen LogP contribution in [0.15, 0.2) is 40.9 Å². The summed E-state index contributed by atoms with van der Waals surface area (Å²) in [5.41, 5.74) is 1.22. The quantitative estimate of drug-likeness (QED) is 0.769. The Balaban J connectivity index is 1.48. The summed E-state index contributed by atoms with van der Waals surface area (Å²) in [6.07, 6.45) is 0.147. The maximum Gasteiger partial charge on any atom is 0.229 e. The van der Waals surface area contributed by atoms with Crippen LogP contribution >= 0.6 is 27.5 Å². The molecule has 1 saturated heterocycles. The molecule has 2 aliphatic heterocycles. The predicted octanol–water partition coefficient (Wildman–Crippen LogP) is 3.87. The van der Waals surface area contributed by atoms with Gasteiger partial charge in [-0.05, 0) is 30.3 Å². The van der Waals surface area contributed by atoms with Crippen molar-refractivity contribution in [1.82, 2.24) is 0 Å². The van der Waals surface area contributed by atoms with E-state index in [-0.39, 0.29) is 18.2 Å². The highest BCUT2D eigenvalue weighted by Crippen LogP contribution is 2.36. The van der Waals surface area contributed by atoms with E-state index < -0.39 is 5.92 Å². The van der Waals surface area contributed by atoms with Crippen LogP contribution in [0.5, 0.6) is 11.5 Å². The lowest BCUT2D eigenvalue weighted by atomic mass is 10.1. The van der Waals surface area contributed by atoms with Gasteiger partial charge in [-0.3, -0.25) is 9.59 Å². The molecule has 0 bridgehead atoms. The van der Waals surface area contributed by atoms with Gasteiger partial charge in [0.1, 0.15) is 13.2 Å². The maximum absolute atomic E-state index is 12.6. The minimum Gasteiger partial charge on any atom is -0.486 e. The standard InChI is InChI=1S/C19H16BrClN2O4/c20-12-1-3-15(14(21)8-12)22-19(25)11-7-18(24)23(10-11)13-2-4-16-17(9-13)27-6-5-26-16/h1-4,8-9,11H,5-7,10H2,(H,22,25)/t11-/m1/s1. The fraction of sp³-hybridized carbons (Fsp3) is 0.263. The highest BCUT2D eigenvalue weighted by atomic mass is 79.9. The molecule has 1 fully saturated rings. The highest BCUT2D eigenvalue weighted by Gasteiger charge is 2.35. The summed E-state index contributed by atoms with van der Waals surface area (Å²) in [5, 5.41) is 3.24. The third-order valence-corrected chi connectivity index (χ3v) is 5.33. The van der Waals surface area contributed by atoms with Crippen molar-refractivity contribution < 1.29 is 19.1 Å². The number of carbonyl (C=O) groups excluding carboxylic acids is 2. The van der Waals surface area contributed by atoms with E-state index in [1.165, 1.54) is 0 Å². The monoisotopic (exact) mass is 450 g/mol. The molecule has 0 saturated carbocycles. The van der Waals surface area contributed by atoms with E-state index in [4.69, 9.17) is 21.1 Å². The Morgan fingerprint density at radius 3 is 2.70 bits per heavy atom. The molecule has 1 N–H and O–H groups in total. The van der Waals surface area contributed by atoms with E-state index in [1.807, 2.05) is 0 Å². The number of anilines is 2. The minimum absolute atomic E-state index is 0.103. The number of nitrogens with zero attached hydrogens (tertiary/aromatic N) is 1. The third kappa shape index (κ3) is 3.75. The summed E-state index contributed by atoms with van der Waals surface area (Å²) in [6.45, 7) is 1.29. The van der Waals surface area contributed by atoms with Gasteiger partial charge in [-0.25, -0.2) is 0 Å². The molecule has 0 spiro atoms. The zero-order chi connectivity index (χ0) is 19.0. The number of hydrogen-bond donors (Lipinski definition) is 1. The third-order valence-electron chi connectivity index (χ3n) is 4.52. The Bertz CT molecular complexity index is 921. The molecular formula is C19H16BrClN2O4. The van der Waals surface area contributed by atoms with E-state index in [0.717, 1.165) is 4.47 Å². The lowest BCUT2D eigenvalue weighted by molar-refractivity contribution is -0.122. The summed E-state index contributed by atoms with van der Waals surface area (Å²) in [6, 6.07) is 10.6. The fourth-order valence-corrected chi connectivity index (χ4v) is 3.88. The molecule has 0 aromatic heterocycles. The van der Waals surface area contributed by atoms with E-state index >= 15 is 0 Å². The van der Waals surface area contributed by atoms with Gasteiger partial charge in [-0.1, -0.05) is 27.5 Å². The smallest absolute Gasteiger partial charge is 0.229 e. The van der Waals surface area contributed by atoms with Gasteiger partial charge in [0.15, 0.2) is 11.5 Å². The van der Waals surface area contributed by atoms with Crippen LogP contribution in [0.1, 0.15) is 6.42 Å². The van der Waals surface area contributed by atoms with Gasteiger partial charge >= 0.3 is 0 Å². The summed E-state index contributed by atoms with van der Waals surface area (Å²) < 4.78 is 11.9. The molecule has 0 radical (unpaired) electrons. The summed E-state index contributed by atoms with van der Waals surface area (Å²) >= 11 is 9.48. The van der Waals surface area contributed by atoms with E-state index in [2.05, 4.69) is 21.2 Å². The van der Waals surface area contributed by atoms with Crippen molar-refractivity contribution >= 4 is 50.7 Å². The molecule has 2 aliphatic rings. The number of amides is 2. The zero-order valence-electron chi connectivity index (χ0n) is 14.2. The van der Waals surface area contributed by atoms with E-state index in [9.17, 15) is 9.59 Å². The number of halogens is 2. The SMILES string of the molecule is O=C(Nc1ccc(Br)cc1Cl)[C@@H]1CC(=O)N(c2ccc3c(c2)OCCO3)C1. The van der Waals surface area contributed by atoms with Crippen molar-refractivity contribution in [3.05, 3.63) is 45.9 Å². The number of hydrogen-bond acceptors (Lipinski definition) is 4. The second kappa shape index (κ2) is 7.40. The number of benzene rings is 2. The molecule has 4 rings (SSSR count). The first-order valence-corrected chi connectivity index (χ1v) is 9.64. The minimum atomic E-state index is -0.453. The molecular weight excluding hydrogens is 436 g/mol. The van der Waals surface area contributed by atoms with E-state index in [1.54, 1.807) is 41.3 Å². The first kappa shape index (κ1) is 18.1. The Hall–Kier alpha value is -2.25. The van der Waals surface area contributed by atoms with Gasteiger partial charge in [-0.15, -0.1) is 0 Å². The molecule has 6 nitrogen and oxygen atoms in total. The second-order valence-corrected chi connectivity index (χ2v) is 7.67. The topological polar surface area (TPSA) is 67.9 Å². The van der Waals surface area contributed by atoms with Gasteiger partial charge in [-0.2, -0.15) is 0 Å². The largest absolute Gasteiger partial charge is 0.486 e. The van der Waals surface area contributed by atoms with Crippen molar-refractivity contribution in [2.45, 2.75) is 6.42 Å². The first-order chi connectivity index (χ1) is 13.0. The molecule has 27 heavy (non-hydrogen) atoms. The van der Waals surface area contributed by atoms with Gasteiger partial charge in [0.05, 0.1) is 16.6 Å². The van der Waals surface area contributed by atoms with Crippen LogP contribution in [0, 0.1) is 5.92 Å². The van der Waals surface area contributed by atoms with Crippen LogP contribution in [0.4, 0.5) is 11.4 Å². The molecule has 2 aromatic carbocycles. The molecule has 1 atom stereocenters. The van der Waals surface area contributed by atoms with Crippen LogP contribution in [-0.2, 0) is 9.59 Å². The zero-order valence-corrected chi connectivity index (χ0v) is 16.5. The Labute approximate surface area is 169 Å². The molecule has 8 heteroatoms. The van der Waals surface area contributed by atoms with Crippen molar-refractivity contribution in [3.63, 3.8) is 0 Å². The van der Waals surface area contributed by atoms with Crippen LogP contribution in [0.3, 0.4) is 0 Å². The van der Waals surface area contributed by atoms with Crippen molar-refractivity contribution in [2.75, 3.05) is 30.0 Å². The van der Waals surface area contributed by atoms with Gasteiger partial charge in [0.2, 0.25) is 11.8 Å². The predicted molar refractivity (Wildman–Crippen MR) is 106 cm³/mol. The van der Waals surface area contributed by atoms with Gasteiger partial charge in [0, 0.05) is 29.2 Å². The molecule has 0 unspecified atom stereocenters. The first-order valence-electron chi connectivity index (χ1n) is 8.47. The van der Waals surface area contributed by atoms with Crippen LogP contribution in [-0.4, -0.2) is 31.6 Å².